The van der Waals surface area contributed by atoms with Gasteiger partial charge in [-0.3, -0.25) is 23.7 Å². The Morgan fingerprint density at radius 1 is 1.35 bits per heavy atom. The van der Waals surface area contributed by atoms with Crippen molar-refractivity contribution in [3.63, 3.8) is 0 Å². The Bertz CT molecular complexity index is 1230. The number of nitrogens with one attached hydrogen (secondary N) is 2. The fourth-order valence-corrected chi connectivity index (χ4v) is 5.64. The summed E-state index contributed by atoms with van der Waals surface area (Å²) in [5.74, 6) is -2.33. The number of hydrogen-bond acceptors (Lipinski definition) is 8. The number of rotatable bonds is 9. The molecule has 4 rings (SSSR count). The van der Waals surface area contributed by atoms with Gasteiger partial charge in [0.1, 0.15) is 29.7 Å². The third-order valence-electron chi connectivity index (χ3n) is 5.59. The van der Waals surface area contributed by atoms with Crippen LogP contribution in [0.25, 0.3) is 0 Å². The normalized spacial score (nSPS) is 25.9. The van der Waals surface area contributed by atoms with Crippen LogP contribution in [-0.2, 0) is 18.6 Å². The zero-order chi connectivity index (χ0) is 24.7. The number of carboxylic acid groups (broad SMARTS) is 1. The van der Waals surface area contributed by atoms with E-state index in [-0.39, 0.29) is 12.2 Å². The molecule has 2 fully saturated rings. The molecule has 0 bridgehead atoms. The van der Waals surface area contributed by atoms with E-state index in [0.717, 1.165) is 4.57 Å². The second-order valence-corrected chi connectivity index (χ2v) is 9.82. The summed E-state index contributed by atoms with van der Waals surface area (Å²) in [6, 6.07) is 6.69. The summed E-state index contributed by atoms with van der Waals surface area (Å²) >= 11 is 0. The number of aliphatic hydroxyl groups excluding tert-OH is 1. The second kappa shape index (κ2) is 9.08. The maximum absolute atomic E-state index is 13.7. The molecule has 1 saturated carbocycles. The molecule has 0 unspecified atom stereocenters. The van der Waals surface area contributed by atoms with Crippen LogP contribution in [-0.4, -0.2) is 49.6 Å². The smallest absolute Gasteiger partial charge is 0.460 e. The Labute approximate surface area is 191 Å². The maximum atomic E-state index is 13.7. The van der Waals surface area contributed by atoms with Gasteiger partial charge in [-0.1, -0.05) is 18.2 Å². The molecule has 5 atom stereocenters. The van der Waals surface area contributed by atoms with Gasteiger partial charge in [0, 0.05) is 6.42 Å². The van der Waals surface area contributed by atoms with Crippen LogP contribution in [0.15, 0.2) is 46.1 Å². The van der Waals surface area contributed by atoms with Crippen molar-refractivity contribution in [1.29, 1.82) is 0 Å². The molecule has 0 amide bonds. The van der Waals surface area contributed by atoms with E-state index in [0.29, 0.717) is 19.0 Å². The number of carboxylic acids is 1. The van der Waals surface area contributed by atoms with Crippen molar-refractivity contribution in [3.05, 3.63) is 63.2 Å². The molecular formula is C20H23FN3O9P. The van der Waals surface area contributed by atoms with Gasteiger partial charge in [0.15, 0.2) is 0 Å². The van der Waals surface area contributed by atoms with Crippen LogP contribution in [0.1, 0.15) is 32.4 Å². The predicted octanol–water partition coefficient (Wildman–Crippen LogP) is 1.12. The fourth-order valence-electron chi connectivity index (χ4n) is 3.75. The van der Waals surface area contributed by atoms with E-state index in [1.54, 1.807) is 18.2 Å². The van der Waals surface area contributed by atoms with E-state index in [1.807, 2.05) is 4.98 Å². The number of para-hydroxylation sites is 1. The molecule has 2 aromatic rings. The van der Waals surface area contributed by atoms with Gasteiger partial charge in [-0.25, -0.2) is 9.36 Å². The number of aliphatic hydroxyl groups is 1. The highest BCUT2D eigenvalue weighted by molar-refractivity contribution is 7.52. The molecule has 4 N–H and O–H groups in total. The van der Waals surface area contributed by atoms with Gasteiger partial charge < -0.3 is 19.5 Å². The molecule has 1 saturated heterocycles. The van der Waals surface area contributed by atoms with E-state index in [9.17, 15) is 33.6 Å². The summed E-state index contributed by atoms with van der Waals surface area (Å²) in [7, 11) is -4.30. The first-order chi connectivity index (χ1) is 16.0. The minimum atomic E-state index is -4.30. The van der Waals surface area contributed by atoms with Gasteiger partial charge in [-0.15, -0.1) is 0 Å². The number of aromatic nitrogens is 2. The van der Waals surface area contributed by atoms with Gasteiger partial charge in [-0.05, 0) is 31.9 Å². The summed E-state index contributed by atoms with van der Waals surface area (Å²) < 4.78 is 45.3. The standard InChI is InChI=1S/C20H23FN3O9P/c1-11(18(27)28)23-34(30,32-12-5-3-2-4-6-12)33-20(7-8-20)16-14(25)9-15(31-16)24-10-13(21)17(26)22-19(24)29/h2-6,10-11,14-16,25H,7-9H2,1H3,(H,23,30)(H,27,28)(H,22,26,29)/t11-,14-,15+,16-,34-/m0/s1. The summed E-state index contributed by atoms with van der Waals surface area (Å²) in [6.45, 7) is 1.26. The largest absolute Gasteiger partial charge is 0.480 e. The minimum absolute atomic E-state index is 0.135. The number of nitrogens with zero attached hydrogens (tertiary/aromatic N) is 1. The fraction of sp³-hybridized carbons (Fsp3) is 0.450. The Hall–Kier alpha value is -2.83. The van der Waals surface area contributed by atoms with Gasteiger partial charge in [0.2, 0.25) is 5.82 Å². The van der Waals surface area contributed by atoms with E-state index in [2.05, 4.69) is 5.09 Å². The lowest BCUT2D eigenvalue weighted by molar-refractivity contribution is -0.138. The quantitative estimate of drug-likeness (QED) is 0.367. The molecule has 184 valence electrons. The molecule has 1 aromatic heterocycles. The molecule has 1 aliphatic carbocycles. The number of carbonyl (C=O) groups is 1. The number of hydrogen-bond donors (Lipinski definition) is 4. The molecule has 34 heavy (non-hydrogen) atoms. The molecule has 0 radical (unpaired) electrons. The first-order valence-corrected chi connectivity index (χ1v) is 12.0. The van der Waals surface area contributed by atoms with E-state index >= 15 is 0 Å². The Balaban J connectivity index is 1.58. The highest BCUT2D eigenvalue weighted by Gasteiger charge is 2.61. The van der Waals surface area contributed by atoms with Crippen molar-refractivity contribution < 1.29 is 37.7 Å². The highest BCUT2D eigenvalue weighted by atomic mass is 31.2. The van der Waals surface area contributed by atoms with Crippen molar-refractivity contribution in [3.8, 4) is 5.75 Å². The van der Waals surface area contributed by atoms with Crippen LogP contribution < -0.4 is 20.9 Å². The van der Waals surface area contributed by atoms with Crippen molar-refractivity contribution in [2.75, 3.05) is 0 Å². The zero-order valence-electron chi connectivity index (χ0n) is 17.9. The first kappa shape index (κ1) is 24.3. The van der Waals surface area contributed by atoms with Crippen LogP contribution >= 0.6 is 7.75 Å². The van der Waals surface area contributed by atoms with Crippen LogP contribution in [0.4, 0.5) is 4.39 Å². The second-order valence-electron chi connectivity index (χ2n) is 8.20. The Morgan fingerprint density at radius 2 is 2.03 bits per heavy atom. The maximum Gasteiger partial charge on any atom is 0.460 e. The first-order valence-electron chi connectivity index (χ1n) is 10.4. The summed E-state index contributed by atoms with van der Waals surface area (Å²) in [5.41, 5.74) is -3.42. The van der Waals surface area contributed by atoms with Gasteiger partial charge in [-0.2, -0.15) is 9.48 Å². The van der Waals surface area contributed by atoms with Crippen molar-refractivity contribution in [2.24, 2.45) is 0 Å². The van der Waals surface area contributed by atoms with Crippen molar-refractivity contribution >= 4 is 13.7 Å². The minimum Gasteiger partial charge on any atom is -0.480 e. The van der Waals surface area contributed by atoms with Crippen LogP contribution in [0.5, 0.6) is 5.75 Å². The number of ether oxygens (including phenoxy) is 1. The number of H-pyrrole nitrogens is 1. The lowest BCUT2D eigenvalue weighted by Gasteiger charge is -2.30. The molecule has 1 aliphatic heterocycles. The zero-order valence-corrected chi connectivity index (χ0v) is 18.8. The van der Waals surface area contributed by atoms with Crippen LogP contribution in [0.3, 0.4) is 0 Å². The molecule has 12 nitrogen and oxygen atoms in total. The molecular weight excluding hydrogens is 476 g/mol. The highest BCUT2D eigenvalue weighted by Crippen LogP contribution is 2.59. The lowest BCUT2D eigenvalue weighted by Crippen LogP contribution is -2.41. The van der Waals surface area contributed by atoms with Crippen molar-refractivity contribution in [1.82, 2.24) is 14.6 Å². The van der Waals surface area contributed by atoms with E-state index in [4.69, 9.17) is 13.8 Å². The summed E-state index contributed by atoms with van der Waals surface area (Å²) in [4.78, 5) is 36.6. The van der Waals surface area contributed by atoms with Gasteiger partial charge >= 0.3 is 19.4 Å². The monoisotopic (exact) mass is 499 g/mol. The molecule has 1 aromatic carbocycles. The van der Waals surface area contributed by atoms with Gasteiger partial charge in [0.05, 0.1) is 12.3 Å². The molecule has 14 heteroatoms. The Morgan fingerprint density at radius 3 is 2.65 bits per heavy atom. The number of aliphatic carboxylic acids is 1. The number of halogens is 1. The molecule has 2 heterocycles. The van der Waals surface area contributed by atoms with E-state index < -0.39 is 60.9 Å². The van der Waals surface area contributed by atoms with Crippen LogP contribution in [0.2, 0.25) is 0 Å². The van der Waals surface area contributed by atoms with E-state index in [1.165, 1.54) is 19.1 Å². The number of aromatic amines is 1. The number of benzene rings is 1. The third-order valence-corrected chi connectivity index (χ3v) is 7.34. The van der Waals surface area contributed by atoms with Crippen molar-refractivity contribution in [2.45, 2.75) is 56.3 Å². The average molecular weight is 499 g/mol. The Kier molecular flexibility index (Phi) is 6.49. The lowest BCUT2D eigenvalue weighted by atomic mass is 10.1. The molecule has 0 spiro atoms. The average Bonchev–Trinajstić information content (AvgIpc) is 3.42. The topological polar surface area (TPSA) is 169 Å². The summed E-state index contributed by atoms with van der Waals surface area (Å²) in [6.07, 6.45) is -2.28. The summed E-state index contributed by atoms with van der Waals surface area (Å²) in [5, 5.41) is 22.3. The SMILES string of the molecule is C[C@H](N[P@](=O)(Oc1ccccc1)OC1([C@H]2O[C@@H](n3cc(F)c(=O)[nH]c3=O)C[C@@H]2O)CC1)C(=O)O. The third kappa shape index (κ3) is 4.98. The van der Waals surface area contributed by atoms with Crippen LogP contribution in [0, 0.1) is 5.82 Å². The molecule has 2 aliphatic rings. The van der Waals surface area contributed by atoms with Gasteiger partial charge in [0.25, 0.3) is 5.56 Å². The predicted molar refractivity (Wildman–Crippen MR) is 114 cm³/mol.